The van der Waals surface area contributed by atoms with Gasteiger partial charge in [-0.2, -0.15) is 0 Å². The van der Waals surface area contributed by atoms with Crippen LogP contribution in [0.1, 0.15) is 43.4 Å². The Morgan fingerprint density at radius 3 is 2.82 bits per heavy atom. The van der Waals surface area contributed by atoms with Crippen molar-refractivity contribution in [3.8, 4) is 0 Å². The highest BCUT2D eigenvalue weighted by molar-refractivity contribution is 5.67. The summed E-state index contributed by atoms with van der Waals surface area (Å²) in [4.78, 5) is 10.9. The summed E-state index contributed by atoms with van der Waals surface area (Å²) in [7, 11) is 0. The van der Waals surface area contributed by atoms with E-state index in [0.29, 0.717) is 0 Å². The lowest BCUT2D eigenvalue weighted by atomic mass is 9.64. The molecule has 0 aromatic heterocycles. The van der Waals surface area contributed by atoms with E-state index < -0.39 is 5.97 Å². The molecule has 1 atom stereocenters. The van der Waals surface area contributed by atoms with Crippen molar-refractivity contribution >= 4 is 5.97 Å². The van der Waals surface area contributed by atoms with E-state index in [0.717, 1.165) is 12.8 Å². The van der Waals surface area contributed by atoms with Gasteiger partial charge in [-0.05, 0) is 42.2 Å². The first-order valence-corrected chi connectivity index (χ1v) is 6.23. The Morgan fingerprint density at radius 1 is 1.47 bits per heavy atom. The Balaban J connectivity index is 2.39. The Morgan fingerprint density at radius 2 is 2.18 bits per heavy atom. The van der Waals surface area contributed by atoms with Gasteiger partial charge in [0.15, 0.2) is 0 Å². The normalized spacial score (nSPS) is 21.9. The molecule has 0 heterocycles. The molecule has 1 N–H and O–H groups in total. The highest BCUT2D eigenvalue weighted by Crippen LogP contribution is 2.43. The molecule has 17 heavy (non-hydrogen) atoms. The number of rotatable bonds is 2. The molecular formula is C15H20O2. The first-order valence-electron chi connectivity index (χ1n) is 6.23. The number of carboxylic acid groups (broad SMARTS) is 1. The van der Waals surface area contributed by atoms with Crippen molar-refractivity contribution < 1.29 is 9.90 Å². The largest absolute Gasteiger partial charge is 0.481 e. The van der Waals surface area contributed by atoms with E-state index in [2.05, 4.69) is 39.0 Å². The third kappa shape index (κ3) is 2.21. The molecule has 1 aromatic carbocycles. The summed E-state index contributed by atoms with van der Waals surface area (Å²) < 4.78 is 0. The maximum Gasteiger partial charge on any atom is 0.303 e. The fourth-order valence-electron chi connectivity index (χ4n) is 2.99. The maximum atomic E-state index is 10.9. The molecule has 0 spiro atoms. The molecule has 1 aliphatic rings. The van der Waals surface area contributed by atoms with Crippen LogP contribution in [-0.4, -0.2) is 11.1 Å². The first kappa shape index (κ1) is 12.2. The molecule has 0 fully saturated rings. The van der Waals surface area contributed by atoms with Gasteiger partial charge in [-0.15, -0.1) is 0 Å². The van der Waals surface area contributed by atoms with Crippen LogP contribution in [0.4, 0.5) is 0 Å². The van der Waals surface area contributed by atoms with E-state index in [1.54, 1.807) is 0 Å². The fraction of sp³-hybridized carbons (Fsp3) is 0.533. The van der Waals surface area contributed by atoms with E-state index in [-0.39, 0.29) is 17.8 Å². The third-order valence-electron chi connectivity index (χ3n) is 4.16. The lowest BCUT2D eigenvalue weighted by Crippen LogP contribution is -2.35. The molecule has 0 saturated carbocycles. The van der Waals surface area contributed by atoms with Gasteiger partial charge in [0.05, 0.1) is 0 Å². The predicted molar refractivity (Wildman–Crippen MR) is 68.3 cm³/mol. The lowest BCUT2D eigenvalue weighted by Gasteiger charge is -2.40. The van der Waals surface area contributed by atoms with Gasteiger partial charge in [-0.3, -0.25) is 4.79 Å². The summed E-state index contributed by atoms with van der Waals surface area (Å²) in [6.45, 7) is 6.45. The Labute approximate surface area is 103 Å². The summed E-state index contributed by atoms with van der Waals surface area (Å²) >= 11 is 0. The number of hydrogen-bond acceptors (Lipinski definition) is 1. The van der Waals surface area contributed by atoms with Gasteiger partial charge in [0.25, 0.3) is 0 Å². The van der Waals surface area contributed by atoms with Gasteiger partial charge < -0.3 is 5.11 Å². The molecular weight excluding hydrogens is 212 g/mol. The summed E-state index contributed by atoms with van der Waals surface area (Å²) in [5.41, 5.74) is 3.96. The second kappa shape index (κ2) is 4.17. The maximum absolute atomic E-state index is 10.9. The Kier molecular flexibility index (Phi) is 2.98. The standard InChI is InChI=1S/C15H20O2/c1-10-4-5-11-6-7-12(9-14(16)17)15(2,3)13(11)8-10/h4-5,8,12H,6-7,9H2,1-3H3,(H,16,17). The van der Waals surface area contributed by atoms with Crippen LogP contribution in [-0.2, 0) is 16.6 Å². The van der Waals surface area contributed by atoms with Crippen LogP contribution < -0.4 is 0 Å². The zero-order chi connectivity index (χ0) is 12.6. The van der Waals surface area contributed by atoms with Crippen molar-refractivity contribution in [1.29, 1.82) is 0 Å². The summed E-state index contributed by atoms with van der Waals surface area (Å²) in [5, 5.41) is 9.00. The van der Waals surface area contributed by atoms with E-state index in [1.807, 2.05) is 0 Å². The van der Waals surface area contributed by atoms with Gasteiger partial charge >= 0.3 is 5.97 Å². The fourth-order valence-corrected chi connectivity index (χ4v) is 2.99. The second-order valence-corrected chi connectivity index (χ2v) is 5.72. The zero-order valence-electron chi connectivity index (χ0n) is 10.8. The minimum Gasteiger partial charge on any atom is -0.481 e. The van der Waals surface area contributed by atoms with Crippen molar-refractivity contribution in [2.75, 3.05) is 0 Å². The van der Waals surface area contributed by atoms with Gasteiger partial charge in [0.1, 0.15) is 0 Å². The number of carbonyl (C=O) groups is 1. The number of aryl methyl sites for hydroxylation is 2. The molecule has 1 unspecified atom stereocenters. The summed E-state index contributed by atoms with van der Waals surface area (Å²) in [5.74, 6) is -0.437. The molecule has 1 aromatic rings. The van der Waals surface area contributed by atoms with E-state index in [4.69, 9.17) is 5.11 Å². The molecule has 2 nitrogen and oxygen atoms in total. The molecule has 1 aliphatic carbocycles. The van der Waals surface area contributed by atoms with Crippen LogP contribution in [0.2, 0.25) is 0 Å². The highest BCUT2D eigenvalue weighted by atomic mass is 16.4. The van der Waals surface area contributed by atoms with E-state index in [1.165, 1.54) is 16.7 Å². The smallest absolute Gasteiger partial charge is 0.303 e. The van der Waals surface area contributed by atoms with Crippen LogP contribution in [0.5, 0.6) is 0 Å². The minimum absolute atomic E-state index is 0.0298. The number of benzene rings is 1. The van der Waals surface area contributed by atoms with Crippen LogP contribution >= 0.6 is 0 Å². The van der Waals surface area contributed by atoms with Crippen molar-refractivity contribution in [3.05, 3.63) is 34.9 Å². The average molecular weight is 232 g/mol. The monoisotopic (exact) mass is 232 g/mol. The lowest BCUT2D eigenvalue weighted by molar-refractivity contribution is -0.138. The Hall–Kier alpha value is -1.31. The van der Waals surface area contributed by atoms with Gasteiger partial charge in [-0.25, -0.2) is 0 Å². The predicted octanol–water partition coefficient (Wildman–Crippen LogP) is 3.31. The average Bonchev–Trinajstić information content (AvgIpc) is 2.23. The van der Waals surface area contributed by atoms with Gasteiger partial charge in [-0.1, -0.05) is 37.6 Å². The van der Waals surface area contributed by atoms with Crippen molar-refractivity contribution in [1.82, 2.24) is 0 Å². The molecule has 92 valence electrons. The molecule has 0 aliphatic heterocycles. The van der Waals surface area contributed by atoms with Crippen LogP contribution in [0.25, 0.3) is 0 Å². The van der Waals surface area contributed by atoms with Crippen molar-refractivity contribution in [2.45, 2.75) is 45.4 Å². The van der Waals surface area contributed by atoms with Gasteiger partial charge in [0, 0.05) is 6.42 Å². The number of fused-ring (bicyclic) bond motifs is 1. The van der Waals surface area contributed by atoms with E-state index in [9.17, 15) is 4.79 Å². The number of carboxylic acids is 1. The van der Waals surface area contributed by atoms with E-state index >= 15 is 0 Å². The molecule has 0 bridgehead atoms. The minimum atomic E-state index is -0.681. The summed E-state index contributed by atoms with van der Waals surface area (Å²) in [6, 6.07) is 6.57. The topological polar surface area (TPSA) is 37.3 Å². The molecule has 0 saturated heterocycles. The highest BCUT2D eigenvalue weighted by Gasteiger charge is 2.37. The Bertz CT molecular complexity index is 446. The molecule has 0 amide bonds. The third-order valence-corrected chi connectivity index (χ3v) is 4.16. The van der Waals surface area contributed by atoms with Crippen LogP contribution in [0, 0.1) is 12.8 Å². The molecule has 2 rings (SSSR count). The second-order valence-electron chi connectivity index (χ2n) is 5.72. The van der Waals surface area contributed by atoms with Gasteiger partial charge in [0.2, 0.25) is 0 Å². The van der Waals surface area contributed by atoms with Crippen LogP contribution in [0.3, 0.4) is 0 Å². The number of aliphatic carboxylic acids is 1. The van der Waals surface area contributed by atoms with Crippen molar-refractivity contribution in [2.24, 2.45) is 5.92 Å². The van der Waals surface area contributed by atoms with Crippen LogP contribution in [0.15, 0.2) is 18.2 Å². The van der Waals surface area contributed by atoms with Crippen molar-refractivity contribution in [3.63, 3.8) is 0 Å². The first-order chi connectivity index (χ1) is 7.91. The quantitative estimate of drug-likeness (QED) is 0.849. The number of hydrogen-bond donors (Lipinski definition) is 1. The molecule has 2 heteroatoms. The SMILES string of the molecule is Cc1ccc2c(c1)C(C)(C)C(CC(=O)O)CC2. The molecule has 0 radical (unpaired) electrons. The summed E-state index contributed by atoms with van der Waals surface area (Å²) in [6.07, 6.45) is 2.27. The zero-order valence-corrected chi connectivity index (χ0v) is 10.8.